The van der Waals surface area contributed by atoms with Crippen molar-refractivity contribution in [2.45, 2.75) is 89.5 Å². The van der Waals surface area contributed by atoms with Gasteiger partial charge in [-0.05, 0) is 30.5 Å². The van der Waals surface area contributed by atoms with E-state index < -0.39 is 60.1 Å². The highest BCUT2D eigenvalue weighted by Gasteiger charge is 2.47. The number of unbranched alkanes of at least 4 members (excludes halogenated alkanes) is 2. The van der Waals surface area contributed by atoms with Crippen molar-refractivity contribution < 1.29 is 49.0 Å². The molecule has 2 atom stereocenters. The molecule has 1 N–H and O–H groups in total. The van der Waals surface area contributed by atoms with Gasteiger partial charge in [0.05, 0.1) is 0 Å². The summed E-state index contributed by atoms with van der Waals surface area (Å²) >= 11 is 0. The average molecular weight is 695 g/mol. The zero-order valence-corrected chi connectivity index (χ0v) is 27.9. The van der Waals surface area contributed by atoms with Crippen LogP contribution in [-0.4, -0.2) is 24.1 Å². The van der Waals surface area contributed by atoms with Crippen molar-refractivity contribution in [3.8, 4) is 5.75 Å². The molecule has 0 aliphatic carbocycles. The van der Waals surface area contributed by atoms with Crippen molar-refractivity contribution in [2.24, 2.45) is 0 Å². The minimum Gasteiger partial charge on any atom is -0.490 e. The normalized spacial score (nSPS) is 13.4. The van der Waals surface area contributed by atoms with Gasteiger partial charge in [-0.2, -0.15) is 8.42 Å². The fourth-order valence-electron chi connectivity index (χ4n) is 4.83. The highest BCUT2D eigenvalue weighted by Crippen LogP contribution is 2.58. The van der Waals surface area contributed by atoms with Gasteiger partial charge in [-0.15, -0.1) is 0 Å². The Kier molecular flexibility index (Phi) is 13.0. The summed E-state index contributed by atoms with van der Waals surface area (Å²) in [6.07, 6.45) is 2.08. The highest BCUT2D eigenvalue weighted by atomic mass is 32.2. The van der Waals surface area contributed by atoms with Gasteiger partial charge in [-0.25, -0.2) is 9.59 Å². The Morgan fingerprint density at radius 3 is 1.68 bits per heavy atom. The predicted molar refractivity (Wildman–Crippen MR) is 170 cm³/mol. The number of para-hydroxylation sites is 1. The summed E-state index contributed by atoms with van der Waals surface area (Å²) in [4.78, 5) is 21.7. The van der Waals surface area contributed by atoms with E-state index in [1.54, 1.807) is 42.5 Å². The van der Waals surface area contributed by atoms with Crippen LogP contribution in [0, 0.1) is 0 Å². The van der Waals surface area contributed by atoms with Gasteiger partial charge >= 0.3 is 19.2 Å². The van der Waals surface area contributed by atoms with Gasteiger partial charge < -0.3 is 22.4 Å². The van der Waals surface area contributed by atoms with Crippen LogP contribution in [0.25, 0.3) is 0 Å². The molecule has 0 saturated carbocycles. The van der Waals surface area contributed by atoms with E-state index in [9.17, 15) is 27.1 Å². The molecule has 4 rings (SSSR count). The molecule has 0 spiro atoms. The van der Waals surface area contributed by atoms with Crippen LogP contribution >= 0.6 is 7.60 Å². The number of aryl methyl sites for hydroxylation is 2. The van der Waals surface area contributed by atoms with Gasteiger partial charge in [0.25, 0.3) is 10.1 Å². The van der Waals surface area contributed by atoms with Gasteiger partial charge in [0.15, 0.2) is 28.0 Å². The molecular weight excluding hydrogens is 655 g/mol. The Bertz CT molecular complexity index is 1700. The summed E-state index contributed by atoms with van der Waals surface area (Å²) in [6, 6.07) is 17.6. The zero-order chi connectivity index (χ0) is 33.9. The Balaban J connectivity index is 1.71. The summed E-state index contributed by atoms with van der Waals surface area (Å²) in [5, 5.41) is 0. The minimum atomic E-state index is -5.17. The molecule has 0 aliphatic heterocycles. The summed E-state index contributed by atoms with van der Waals surface area (Å²) in [5.41, 5.74) is 0.778. The third-order valence-corrected chi connectivity index (χ3v) is 11.6. The molecule has 15 heteroatoms. The first kappa shape index (κ1) is 36.2. The molecule has 0 bridgehead atoms. The monoisotopic (exact) mass is 694 g/mol. The first-order valence-corrected chi connectivity index (χ1v) is 18.5. The summed E-state index contributed by atoms with van der Waals surface area (Å²) in [6.45, 7) is 2.49. The Morgan fingerprint density at radius 2 is 1.21 bits per heavy atom. The first-order chi connectivity index (χ1) is 22.5. The maximum Gasteiger partial charge on any atom is 0.519 e. The Hall–Kier alpha value is -3.68. The van der Waals surface area contributed by atoms with E-state index in [1.165, 1.54) is 0 Å². The van der Waals surface area contributed by atoms with Crippen LogP contribution in [0.1, 0.15) is 74.6 Å². The topological polar surface area (TPSA) is 186 Å². The van der Waals surface area contributed by atoms with Gasteiger partial charge in [0, 0.05) is 25.7 Å². The van der Waals surface area contributed by atoms with Gasteiger partial charge in [0.1, 0.15) is 25.1 Å². The second kappa shape index (κ2) is 16.9. The molecule has 2 aromatic carbocycles. The van der Waals surface area contributed by atoms with Crippen molar-refractivity contribution in [3.63, 3.8) is 0 Å². The number of hydrogen-bond donors (Lipinski definition) is 1. The van der Waals surface area contributed by atoms with Crippen LogP contribution in [0.4, 0.5) is 0 Å². The molecule has 0 saturated heterocycles. The van der Waals surface area contributed by atoms with E-state index >= 15 is 0 Å². The maximum absolute atomic E-state index is 14.7. The van der Waals surface area contributed by atoms with Crippen molar-refractivity contribution >= 4 is 17.7 Å². The molecule has 0 fully saturated rings. The van der Waals surface area contributed by atoms with Crippen LogP contribution in [-0.2, 0) is 56.2 Å². The lowest BCUT2D eigenvalue weighted by molar-refractivity contribution is 0.153. The van der Waals surface area contributed by atoms with E-state index in [2.05, 4.69) is 0 Å². The van der Waals surface area contributed by atoms with Crippen LogP contribution in [0.5, 0.6) is 5.75 Å². The van der Waals surface area contributed by atoms with Gasteiger partial charge in [-0.3, -0.25) is 18.2 Å². The van der Waals surface area contributed by atoms with Crippen LogP contribution < -0.4 is 16.4 Å². The van der Waals surface area contributed by atoms with Crippen LogP contribution in [0.2, 0.25) is 0 Å². The standard InChI is InChI=1S/C32H39O13PS/c1-3-5-17-26-28(44-31(33)42-26)21-39-46(35,40-22-29-27(18-6-4-2)43-32(34)45-29)30(47(36,37)38)20-25(19-23-13-9-7-10-14-23)41-24-15-11-8-12-16-24/h7-16,25,30H,3-6,17-22H2,1-2H3,(H,36,37,38). The molecule has 0 radical (unpaired) electrons. The van der Waals surface area contributed by atoms with E-state index in [0.29, 0.717) is 31.4 Å². The first-order valence-electron chi connectivity index (χ1n) is 15.3. The molecule has 0 aliphatic rings. The zero-order valence-electron chi connectivity index (χ0n) is 26.2. The quantitative estimate of drug-likeness (QED) is 0.0763. The fraction of sp³-hybridized carbons (Fsp3) is 0.438. The average Bonchev–Trinajstić information content (AvgIpc) is 3.59. The van der Waals surface area contributed by atoms with E-state index in [4.69, 9.17) is 31.5 Å². The SMILES string of the molecule is CCCCc1oc(=O)oc1COP(=O)(OCc1oc(=O)oc1CCCC)C(CC(Cc1ccccc1)Oc1ccccc1)S(=O)(=O)O. The smallest absolute Gasteiger partial charge is 0.490 e. The molecule has 2 heterocycles. The summed E-state index contributed by atoms with van der Waals surface area (Å²) in [7, 11) is -10.1. The Morgan fingerprint density at radius 1 is 0.745 bits per heavy atom. The van der Waals surface area contributed by atoms with Crippen LogP contribution in [0.15, 0.2) is 87.9 Å². The van der Waals surface area contributed by atoms with Gasteiger partial charge in [-0.1, -0.05) is 75.2 Å². The number of rotatable bonds is 20. The molecular formula is C32H39O13PS. The van der Waals surface area contributed by atoms with Crippen molar-refractivity contribution in [1.82, 2.24) is 0 Å². The highest BCUT2D eigenvalue weighted by molar-refractivity contribution is 7.94. The Labute approximate surface area is 272 Å². The summed E-state index contributed by atoms with van der Waals surface area (Å²) < 4.78 is 89.3. The second-order valence-corrected chi connectivity index (χ2v) is 15.0. The van der Waals surface area contributed by atoms with Gasteiger partial charge in [0.2, 0.25) is 0 Å². The molecule has 2 unspecified atom stereocenters. The third-order valence-electron chi connectivity index (χ3n) is 7.23. The number of ether oxygens (including phenoxy) is 1. The van der Waals surface area contributed by atoms with E-state index in [-0.39, 0.29) is 29.5 Å². The largest absolute Gasteiger partial charge is 0.519 e. The van der Waals surface area contributed by atoms with Crippen molar-refractivity contribution in [3.05, 3.63) is 111 Å². The number of benzene rings is 2. The lowest BCUT2D eigenvalue weighted by Gasteiger charge is -2.28. The maximum atomic E-state index is 14.7. The molecule has 0 amide bonds. The second-order valence-electron chi connectivity index (χ2n) is 10.8. The third kappa shape index (κ3) is 10.7. The summed E-state index contributed by atoms with van der Waals surface area (Å²) in [5.74, 6) is -1.57. The fourth-order valence-corrected chi connectivity index (χ4v) is 8.45. The number of hydrogen-bond acceptors (Lipinski definition) is 12. The van der Waals surface area contributed by atoms with E-state index in [0.717, 1.165) is 18.4 Å². The molecule has 4 aromatic rings. The van der Waals surface area contributed by atoms with Crippen molar-refractivity contribution in [1.29, 1.82) is 0 Å². The van der Waals surface area contributed by atoms with Crippen LogP contribution in [0.3, 0.4) is 0 Å². The lowest BCUT2D eigenvalue weighted by atomic mass is 10.1. The molecule has 13 nitrogen and oxygen atoms in total. The minimum absolute atomic E-state index is 0.110. The molecule has 47 heavy (non-hydrogen) atoms. The molecule has 2 aromatic heterocycles. The predicted octanol–water partition coefficient (Wildman–Crippen LogP) is 6.69. The van der Waals surface area contributed by atoms with E-state index in [1.807, 2.05) is 32.0 Å². The lowest BCUT2D eigenvalue weighted by Crippen LogP contribution is -2.32. The van der Waals surface area contributed by atoms with Crippen molar-refractivity contribution in [2.75, 3.05) is 0 Å². The molecule has 256 valence electrons.